The minimum Gasteiger partial charge on any atom is -0.369 e. The predicted octanol–water partition coefficient (Wildman–Crippen LogP) is 4.72. The van der Waals surface area contributed by atoms with Crippen molar-refractivity contribution in [2.75, 3.05) is 24.5 Å². The molecule has 0 spiro atoms. The summed E-state index contributed by atoms with van der Waals surface area (Å²) in [6.07, 6.45) is 1.00. The zero-order chi connectivity index (χ0) is 23.9. The van der Waals surface area contributed by atoms with Gasteiger partial charge in [-0.25, -0.2) is 17.5 Å². The van der Waals surface area contributed by atoms with E-state index < -0.39 is 27.0 Å². The molecule has 1 atom stereocenters. The topological polar surface area (TPSA) is 69.7 Å². The number of sulfonamides is 1. The van der Waals surface area contributed by atoms with E-state index in [0.29, 0.717) is 41.5 Å². The number of hydrogen-bond acceptors (Lipinski definition) is 5. The van der Waals surface area contributed by atoms with E-state index in [1.165, 1.54) is 12.1 Å². The van der Waals surface area contributed by atoms with Crippen LogP contribution in [0.4, 0.5) is 10.1 Å². The molecule has 1 N–H and O–H groups in total. The van der Waals surface area contributed by atoms with Crippen LogP contribution in [0.15, 0.2) is 30.3 Å². The number of carbonyl (C=O) groups excluding carboxylic acids is 1. The Morgan fingerprint density at radius 3 is 2.45 bits per heavy atom. The molecular weight excluding hydrogens is 512 g/mol. The molecule has 1 aliphatic carbocycles. The first-order chi connectivity index (χ1) is 15.5. The van der Waals surface area contributed by atoms with Gasteiger partial charge in [-0.2, -0.15) is 0 Å². The molecule has 1 saturated carbocycles. The van der Waals surface area contributed by atoms with Crippen molar-refractivity contribution in [3.8, 4) is 0 Å². The van der Waals surface area contributed by atoms with Crippen molar-refractivity contribution >= 4 is 56.4 Å². The van der Waals surface area contributed by atoms with Gasteiger partial charge < -0.3 is 4.90 Å². The molecule has 0 bridgehead atoms. The molecule has 2 aliphatic rings. The summed E-state index contributed by atoms with van der Waals surface area (Å²) in [5.41, 5.74) is 1.13. The molecule has 1 heterocycles. The number of nitrogens with zero attached hydrogens (tertiary/aromatic N) is 2. The van der Waals surface area contributed by atoms with Crippen LogP contribution in [-0.4, -0.2) is 50.2 Å². The molecule has 178 valence electrons. The maximum Gasteiger partial charge on any atom is 0.267 e. The number of hydrogen-bond donors (Lipinski definition) is 1. The van der Waals surface area contributed by atoms with Gasteiger partial charge in [0, 0.05) is 42.9 Å². The Labute approximate surface area is 207 Å². The number of carbonyl (C=O) groups is 1. The number of nitrogens with one attached hydrogen (secondary N) is 1. The molecular formula is C22H23Cl3FN3O3S. The molecule has 2 aromatic rings. The summed E-state index contributed by atoms with van der Waals surface area (Å²) in [5.74, 6) is -1.81. The van der Waals surface area contributed by atoms with E-state index in [1.807, 2.05) is 16.9 Å². The molecule has 0 radical (unpaired) electrons. The van der Waals surface area contributed by atoms with Gasteiger partial charge in [0.05, 0.1) is 20.9 Å². The van der Waals surface area contributed by atoms with E-state index in [4.69, 9.17) is 34.8 Å². The predicted molar refractivity (Wildman–Crippen MR) is 129 cm³/mol. The lowest BCUT2D eigenvalue weighted by Gasteiger charge is -2.41. The standard InChI is InChI=1S/C22H23Cl3FN3O3S/c1-13-11-29(15-2-5-18(23)20(25)9-15)7-6-28(13)12-14-8-21(26)17(10-19(14)24)22(30)27-33(31,32)16-3-4-16/h2,5,8-10,13,16H,3-4,6-7,11-12H2,1H3,(H,27,30)/t13-/m1/s1. The monoisotopic (exact) mass is 533 g/mol. The van der Waals surface area contributed by atoms with Crippen molar-refractivity contribution < 1.29 is 17.6 Å². The molecule has 11 heteroatoms. The third kappa shape index (κ3) is 5.57. The first-order valence-corrected chi connectivity index (χ1v) is 13.2. The fourth-order valence-corrected chi connectivity index (χ4v) is 5.70. The van der Waals surface area contributed by atoms with Crippen LogP contribution in [0.25, 0.3) is 0 Å². The van der Waals surface area contributed by atoms with Gasteiger partial charge in [0.2, 0.25) is 10.0 Å². The van der Waals surface area contributed by atoms with Crippen molar-refractivity contribution in [2.24, 2.45) is 0 Å². The van der Waals surface area contributed by atoms with E-state index in [1.54, 1.807) is 6.07 Å². The zero-order valence-corrected chi connectivity index (χ0v) is 20.9. The van der Waals surface area contributed by atoms with Crippen LogP contribution >= 0.6 is 34.8 Å². The molecule has 4 rings (SSSR count). The summed E-state index contributed by atoms with van der Waals surface area (Å²) in [5, 5.41) is 0.638. The number of halogens is 4. The van der Waals surface area contributed by atoms with Gasteiger partial charge in [-0.3, -0.25) is 9.69 Å². The third-order valence-electron chi connectivity index (χ3n) is 5.99. The first kappa shape index (κ1) is 24.5. The van der Waals surface area contributed by atoms with Gasteiger partial charge in [0.1, 0.15) is 5.82 Å². The number of benzene rings is 2. The van der Waals surface area contributed by atoms with Crippen molar-refractivity contribution in [1.82, 2.24) is 9.62 Å². The Kier molecular flexibility index (Phi) is 7.13. The molecule has 1 saturated heterocycles. The molecule has 33 heavy (non-hydrogen) atoms. The molecule has 2 aromatic carbocycles. The molecule has 0 aromatic heterocycles. The van der Waals surface area contributed by atoms with Gasteiger partial charge in [0.25, 0.3) is 5.91 Å². The normalized spacial score (nSPS) is 19.5. The summed E-state index contributed by atoms with van der Waals surface area (Å²) in [6.45, 7) is 4.65. The molecule has 0 unspecified atom stereocenters. The van der Waals surface area contributed by atoms with E-state index in [-0.39, 0.29) is 16.6 Å². The maximum atomic E-state index is 14.7. The average molecular weight is 535 g/mol. The quantitative estimate of drug-likeness (QED) is 0.581. The summed E-state index contributed by atoms with van der Waals surface area (Å²) < 4.78 is 40.6. The molecule has 2 fully saturated rings. The summed E-state index contributed by atoms with van der Waals surface area (Å²) in [4.78, 5) is 16.7. The van der Waals surface area contributed by atoms with Crippen LogP contribution in [0.3, 0.4) is 0 Å². The summed E-state index contributed by atoms with van der Waals surface area (Å²) in [6, 6.07) is 8.08. The van der Waals surface area contributed by atoms with Crippen LogP contribution in [0.5, 0.6) is 0 Å². The fourth-order valence-electron chi connectivity index (χ4n) is 3.89. The smallest absolute Gasteiger partial charge is 0.267 e. The molecule has 1 amide bonds. The largest absolute Gasteiger partial charge is 0.369 e. The Morgan fingerprint density at radius 2 is 1.82 bits per heavy atom. The van der Waals surface area contributed by atoms with Crippen LogP contribution in [-0.2, 0) is 16.6 Å². The van der Waals surface area contributed by atoms with E-state index in [2.05, 4.69) is 16.7 Å². The van der Waals surface area contributed by atoms with Gasteiger partial charge in [-0.15, -0.1) is 0 Å². The number of piperazine rings is 1. The highest BCUT2D eigenvalue weighted by atomic mass is 35.5. The van der Waals surface area contributed by atoms with Crippen molar-refractivity contribution in [1.29, 1.82) is 0 Å². The second kappa shape index (κ2) is 9.58. The fraction of sp³-hybridized carbons (Fsp3) is 0.409. The average Bonchev–Trinajstić information content (AvgIpc) is 3.59. The Balaban J connectivity index is 1.43. The second-order valence-corrected chi connectivity index (χ2v) is 11.6. The summed E-state index contributed by atoms with van der Waals surface area (Å²) >= 11 is 18.5. The SMILES string of the molecule is C[C@@H]1CN(c2ccc(Cl)c(Cl)c2)CCN1Cc1cc(F)c(C(=O)NS(=O)(=O)C2CC2)cc1Cl. The zero-order valence-electron chi connectivity index (χ0n) is 17.8. The molecule has 6 nitrogen and oxygen atoms in total. The summed E-state index contributed by atoms with van der Waals surface area (Å²) in [7, 11) is -3.78. The van der Waals surface area contributed by atoms with Crippen LogP contribution < -0.4 is 9.62 Å². The van der Waals surface area contributed by atoms with E-state index >= 15 is 0 Å². The highest BCUT2D eigenvalue weighted by molar-refractivity contribution is 7.91. The minimum absolute atomic E-state index is 0.138. The second-order valence-electron chi connectivity index (χ2n) is 8.46. The van der Waals surface area contributed by atoms with Gasteiger partial charge >= 0.3 is 0 Å². The Bertz CT molecular complexity index is 1190. The number of anilines is 1. The molecule has 1 aliphatic heterocycles. The van der Waals surface area contributed by atoms with Crippen LogP contribution in [0.1, 0.15) is 35.7 Å². The van der Waals surface area contributed by atoms with Gasteiger partial charge in [0.15, 0.2) is 0 Å². The van der Waals surface area contributed by atoms with Crippen molar-refractivity contribution in [2.45, 2.75) is 37.6 Å². The van der Waals surface area contributed by atoms with Gasteiger partial charge in [-0.05, 0) is 55.7 Å². The highest BCUT2D eigenvalue weighted by Gasteiger charge is 2.37. The number of rotatable bonds is 6. The number of amides is 1. The Hall–Kier alpha value is -1.58. The third-order valence-corrected chi connectivity index (χ3v) is 8.90. The lowest BCUT2D eigenvalue weighted by molar-refractivity contribution is 0.0977. The van der Waals surface area contributed by atoms with Crippen LogP contribution in [0.2, 0.25) is 15.1 Å². The van der Waals surface area contributed by atoms with Crippen LogP contribution in [0, 0.1) is 5.82 Å². The minimum atomic E-state index is -3.78. The van der Waals surface area contributed by atoms with Gasteiger partial charge in [-0.1, -0.05) is 34.8 Å². The lowest BCUT2D eigenvalue weighted by Crippen LogP contribution is -2.51. The van der Waals surface area contributed by atoms with E-state index in [0.717, 1.165) is 18.8 Å². The van der Waals surface area contributed by atoms with Crippen molar-refractivity contribution in [3.63, 3.8) is 0 Å². The lowest BCUT2D eigenvalue weighted by atomic mass is 10.1. The first-order valence-electron chi connectivity index (χ1n) is 10.5. The van der Waals surface area contributed by atoms with E-state index in [9.17, 15) is 17.6 Å². The highest BCUT2D eigenvalue weighted by Crippen LogP contribution is 2.30. The Morgan fingerprint density at radius 1 is 1.09 bits per heavy atom. The maximum absolute atomic E-state index is 14.7. The van der Waals surface area contributed by atoms with Crippen molar-refractivity contribution in [3.05, 3.63) is 62.3 Å².